The zero-order valence-electron chi connectivity index (χ0n) is 8.13. The van der Waals surface area contributed by atoms with E-state index in [0.717, 1.165) is 19.3 Å². The lowest BCUT2D eigenvalue weighted by Crippen LogP contribution is -2.18. The molecule has 3 nitrogen and oxygen atoms in total. The number of rotatable bonds is 5. The highest BCUT2D eigenvalue weighted by Gasteiger charge is 2.57. The molecule has 4 atom stereocenters. The van der Waals surface area contributed by atoms with Crippen LogP contribution in [0.15, 0.2) is 24.8 Å². The van der Waals surface area contributed by atoms with E-state index in [0.29, 0.717) is 0 Å². The molecule has 2 saturated heterocycles. The van der Waals surface area contributed by atoms with E-state index in [1.165, 1.54) is 0 Å². The van der Waals surface area contributed by atoms with Gasteiger partial charge in [-0.25, -0.2) is 0 Å². The van der Waals surface area contributed by atoms with Crippen LogP contribution in [0.4, 0.5) is 0 Å². The predicted molar refractivity (Wildman–Crippen MR) is 52.7 cm³/mol. The van der Waals surface area contributed by atoms with Gasteiger partial charge in [-0.2, -0.15) is 0 Å². The van der Waals surface area contributed by atoms with Gasteiger partial charge < -0.3 is 14.6 Å². The van der Waals surface area contributed by atoms with Gasteiger partial charge in [-0.05, 0) is 19.3 Å². The number of fused-ring (bicyclic) bond motifs is 1. The van der Waals surface area contributed by atoms with Crippen LogP contribution in [0.3, 0.4) is 0 Å². The third-order valence-corrected chi connectivity index (χ3v) is 2.61. The molecular weight excluding hydrogens is 180 g/mol. The second-order valence-corrected chi connectivity index (χ2v) is 3.70. The number of aliphatic hydroxyl groups excluding tert-OH is 1. The fourth-order valence-corrected chi connectivity index (χ4v) is 1.80. The first-order valence-corrected chi connectivity index (χ1v) is 5.08. The number of epoxide rings is 1. The Bertz CT molecular complexity index is 237. The summed E-state index contributed by atoms with van der Waals surface area (Å²) in [6, 6.07) is 0. The van der Waals surface area contributed by atoms with Crippen molar-refractivity contribution in [3.8, 4) is 0 Å². The molecule has 14 heavy (non-hydrogen) atoms. The second kappa shape index (κ2) is 4.26. The van der Waals surface area contributed by atoms with Gasteiger partial charge in [-0.15, -0.1) is 6.58 Å². The smallest absolute Gasteiger partial charge is 0.184 e. The summed E-state index contributed by atoms with van der Waals surface area (Å²) in [6.07, 6.45) is 8.38. The van der Waals surface area contributed by atoms with Crippen LogP contribution in [-0.4, -0.2) is 29.7 Å². The highest BCUT2D eigenvalue weighted by atomic mass is 16.7. The largest absolute Gasteiger partial charge is 0.366 e. The van der Waals surface area contributed by atoms with Crippen LogP contribution >= 0.6 is 0 Å². The van der Waals surface area contributed by atoms with Crippen LogP contribution in [0, 0.1) is 0 Å². The molecule has 0 aromatic heterocycles. The average Bonchev–Trinajstić information content (AvgIpc) is 2.90. The van der Waals surface area contributed by atoms with Crippen molar-refractivity contribution in [2.24, 2.45) is 0 Å². The second-order valence-electron chi connectivity index (χ2n) is 3.70. The maximum atomic E-state index is 9.27. The first-order chi connectivity index (χ1) is 6.83. The average molecular weight is 196 g/mol. The minimum atomic E-state index is -0.692. The van der Waals surface area contributed by atoms with Gasteiger partial charge >= 0.3 is 0 Å². The van der Waals surface area contributed by atoms with Gasteiger partial charge in [0.2, 0.25) is 0 Å². The van der Waals surface area contributed by atoms with Crippen LogP contribution in [-0.2, 0) is 9.47 Å². The number of hydrogen-bond donors (Lipinski definition) is 1. The van der Waals surface area contributed by atoms with Crippen molar-refractivity contribution in [2.45, 2.75) is 43.9 Å². The zero-order chi connectivity index (χ0) is 9.97. The van der Waals surface area contributed by atoms with Gasteiger partial charge in [0.25, 0.3) is 0 Å². The Morgan fingerprint density at radius 3 is 2.64 bits per heavy atom. The highest BCUT2D eigenvalue weighted by Crippen LogP contribution is 2.39. The van der Waals surface area contributed by atoms with Crippen molar-refractivity contribution < 1.29 is 14.6 Å². The molecule has 1 N–H and O–H groups in total. The van der Waals surface area contributed by atoms with E-state index in [-0.39, 0.29) is 18.3 Å². The van der Waals surface area contributed by atoms with Crippen LogP contribution in [0.25, 0.3) is 0 Å². The molecule has 0 bridgehead atoms. The Morgan fingerprint density at radius 2 is 2.07 bits per heavy atom. The monoisotopic (exact) mass is 196 g/mol. The van der Waals surface area contributed by atoms with Gasteiger partial charge in [-0.1, -0.05) is 18.2 Å². The molecule has 78 valence electrons. The standard InChI is InChI=1S/C11H16O3/c1-2-3-4-5-6-7-8-9-10(14-9)11(12)13-8/h2,4-5,8-12H,1,3,6-7H2/b5-4-/t8-,9-,10-,11?/m1/s1. The van der Waals surface area contributed by atoms with Gasteiger partial charge in [0.15, 0.2) is 6.29 Å². The fourth-order valence-electron chi connectivity index (χ4n) is 1.80. The quantitative estimate of drug-likeness (QED) is 0.533. The van der Waals surface area contributed by atoms with Crippen LogP contribution in [0.2, 0.25) is 0 Å². The van der Waals surface area contributed by atoms with E-state index in [9.17, 15) is 5.11 Å². The third kappa shape index (κ3) is 2.05. The van der Waals surface area contributed by atoms with Gasteiger partial charge in [0, 0.05) is 0 Å². The van der Waals surface area contributed by atoms with Crippen molar-refractivity contribution in [3.05, 3.63) is 24.8 Å². The van der Waals surface area contributed by atoms with Gasteiger partial charge in [0.05, 0.1) is 6.10 Å². The summed E-state index contributed by atoms with van der Waals surface area (Å²) in [7, 11) is 0. The maximum Gasteiger partial charge on any atom is 0.184 e. The molecular formula is C11H16O3. The first kappa shape index (κ1) is 9.90. The van der Waals surface area contributed by atoms with Gasteiger partial charge in [0.1, 0.15) is 12.2 Å². The summed E-state index contributed by atoms with van der Waals surface area (Å²) >= 11 is 0. The lowest BCUT2D eigenvalue weighted by Gasteiger charge is -2.12. The molecule has 0 aromatic carbocycles. The minimum Gasteiger partial charge on any atom is -0.366 e. The summed E-state index contributed by atoms with van der Waals surface area (Å²) in [5.74, 6) is 0. The molecule has 0 aromatic rings. The maximum absolute atomic E-state index is 9.27. The Labute approximate surface area is 84.0 Å². The number of hydrogen-bond acceptors (Lipinski definition) is 3. The van der Waals surface area contributed by atoms with E-state index < -0.39 is 6.29 Å². The first-order valence-electron chi connectivity index (χ1n) is 5.08. The summed E-state index contributed by atoms with van der Waals surface area (Å²) in [6.45, 7) is 3.64. The Hall–Kier alpha value is -0.640. The summed E-state index contributed by atoms with van der Waals surface area (Å²) < 4.78 is 10.5. The molecule has 0 radical (unpaired) electrons. The zero-order valence-corrected chi connectivity index (χ0v) is 8.13. The lowest BCUT2D eigenvalue weighted by atomic mass is 10.1. The van der Waals surface area contributed by atoms with Crippen LogP contribution in [0.5, 0.6) is 0 Å². The molecule has 0 spiro atoms. The van der Waals surface area contributed by atoms with E-state index >= 15 is 0 Å². The Balaban J connectivity index is 1.64. The molecule has 3 heteroatoms. The molecule has 0 saturated carbocycles. The molecule has 1 unspecified atom stereocenters. The van der Waals surface area contributed by atoms with Gasteiger partial charge in [-0.3, -0.25) is 0 Å². The van der Waals surface area contributed by atoms with Crippen molar-refractivity contribution in [1.29, 1.82) is 0 Å². The number of aliphatic hydroxyl groups is 1. The SMILES string of the molecule is C=CC/C=C\CC[C@H]1OC(O)[C@@H]2O[C@H]12. The molecule has 2 aliphatic heterocycles. The molecule has 2 rings (SSSR count). The summed E-state index contributed by atoms with van der Waals surface area (Å²) in [4.78, 5) is 0. The van der Waals surface area contributed by atoms with Crippen LogP contribution in [0.1, 0.15) is 19.3 Å². The van der Waals surface area contributed by atoms with Crippen molar-refractivity contribution in [1.82, 2.24) is 0 Å². The molecule has 0 amide bonds. The van der Waals surface area contributed by atoms with E-state index in [4.69, 9.17) is 9.47 Å². The van der Waals surface area contributed by atoms with E-state index in [2.05, 4.69) is 18.7 Å². The van der Waals surface area contributed by atoms with Crippen molar-refractivity contribution >= 4 is 0 Å². The normalized spacial score (nSPS) is 40.1. The van der Waals surface area contributed by atoms with Crippen molar-refractivity contribution in [3.63, 3.8) is 0 Å². The van der Waals surface area contributed by atoms with Crippen molar-refractivity contribution in [2.75, 3.05) is 0 Å². The van der Waals surface area contributed by atoms with Crippen LogP contribution < -0.4 is 0 Å². The third-order valence-electron chi connectivity index (χ3n) is 2.61. The number of allylic oxidation sites excluding steroid dienone is 3. The highest BCUT2D eigenvalue weighted by molar-refractivity contribution is 5.00. The predicted octanol–water partition coefficient (Wildman–Crippen LogP) is 1.38. The Morgan fingerprint density at radius 1 is 1.21 bits per heavy atom. The fraction of sp³-hybridized carbons (Fsp3) is 0.636. The topological polar surface area (TPSA) is 42.0 Å². The molecule has 2 heterocycles. The summed E-state index contributed by atoms with van der Waals surface area (Å²) in [5, 5.41) is 9.27. The number of ether oxygens (including phenoxy) is 2. The van der Waals surface area contributed by atoms with E-state index in [1.807, 2.05) is 6.08 Å². The Kier molecular flexibility index (Phi) is 3.01. The molecule has 2 fully saturated rings. The molecule has 2 aliphatic rings. The minimum absolute atomic E-state index is 0.0443. The summed E-state index contributed by atoms with van der Waals surface area (Å²) in [5.41, 5.74) is 0. The van der Waals surface area contributed by atoms with E-state index in [1.54, 1.807) is 0 Å². The lowest BCUT2D eigenvalue weighted by molar-refractivity contribution is -0.141. The molecule has 0 aliphatic carbocycles.